The number of benzene rings is 1. The van der Waals surface area contributed by atoms with E-state index in [1.54, 1.807) is 12.3 Å². The Bertz CT molecular complexity index is 555. The maximum absolute atomic E-state index is 10.5. The zero-order chi connectivity index (χ0) is 14.2. The van der Waals surface area contributed by atoms with Gasteiger partial charge < -0.3 is 9.84 Å². The predicted octanol–water partition coefficient (Wildman–Crippen LogP) is 2.72. The summed E-state index contributed by atoms with van der Waals surface area (Å²) in [5.74, 6) is -0.363. The molecule has 0 amide bonds. The second kappa shape index (κ2) is 7.28. The zero-order valence-corrected chi connectivity index (χ0v) is 11.2. The van der Waals surface area contributed by atoms with Crippen LogP contribution in [0.2, 0.25) is 0 Å². The van der Waals surface area contributed by atoms with E-state index in [1.165, 1.54) is 5.56 Å². The number of aromatic nitrogens is 1. The average Bonchev–Trinajstić information content (AvgIpc) is 2.47. The zero-order valence-electron chi connectivity index (χ0n) is 11.2. The molecule has 1 heterocycles. The standard InChI is InChI=1S/C16H17NO3/c18-16(19)12-20-15-8-2-5-13(10-15)4-1-6-14-7-3-9-17-11-14/h2-3,5,7-11H,1,4,6,12H2,(H,18,19). The van der Waals surface area contributed by atoms with Gasteiger partial charge in [0.15, 0.2) is 6.61 Å². The molecule has 0 aliphatic heterocycles. The second-order valence-electron chi connectivity index (χ2n) is 4.54. The molecule has 1 aromatic carbocycles. The predicted molar refractivity (Wildman–Crippen MR) is 75.8 cm³/mol. The van der Waals surface area contributed by atoms with E-state index in [9.17, 15) is 4.79 Å². The molecule has 0 spiro atoms. The first-order valence-corrected chi connectivity index (χ1v) is 6.56. The van der Waals surface area contributed by atoms with Crippen molar-refractivity contribution in [2.75, 3.05) is 6.61 Å². The van der Waals surface area contributed by atoms with Crippen LogP contribution in [0, 0.1) is 0 Å². The molecule has 1 aromatic heterocycles. The molecule has 0 fully saturated rings. The maximum Gasteiger partial charge on any atom is 0.341 e. The van der Waals surface area contributed by atoms with Crippen molar-refractivity contribution >= 4 is 5.97 Å². The van der Waals surface area contributed by atoms with Gasteiger partial charge in [-0.25, -0.2) is 4.79 Å². The van der Waals surface area contributed by atoms with Gasteiger partial charge in [-0.1, -0.05) is 18.2 Å². The average molecular weight is 271 g/mol. The number of nitrogens with zero attached hydrogens (tertiary/aromatic N) is 1. The van der Waals surface area contributed by atoms with Gasteiger partial charge in [-0.05, 0) is 48.6 Å². The molecule has 4 nitrogen and oxygen atoms in total. The number of pyridine rings is 1. The number of ether oxygens (including phenoxy) is 1. The molecule has 0 aliphatic rings. The van der Waals surface area contributed by atoms with Crippen LogP contribution in [0.3, 0.4) is 0 Å². The van der Waals surface area contributed by atoms with Crippen molar-refractivity contribution in [3.05, 3.63) is 59.9 Å². The summed E-state index contributed by atoms with van der Waals surface area (Å²) in [7, 11) is 0. The molecule has 0 saturated heterocycles. The third kappa shape index (κ3) is 4.72. The Morgan fingerprint density at radius 1 is 1.15 bits per heavy atom. The van der Waals surface area contributed by atoms with Crippen LogP contribution < -0.4 is 4.74 Å². The smallest absolute Gasteiger partial charge is 0.341 e. The summed E-state index contributed by atoms with van der Waals surface area (Å²) in [5, 5.41) is 8.58. The van der Waals surface area contributed by atoms with Crippen molar-refractivity contribution in [2.45, 2.75) is 19.3 Å². The molecule has 104 valence electrons. The molecule has 20 heavy (non-hydrogen) atoms. The lowest BCUT2D eigenvalue weighted by atomic mass is 10.1. The summed E-state index contributed by atoms with van der Waals surface area (Å²) in [6.07, 6.45) is 6.58. The number of hydrogen-bond acceptors (Lipinski definition) is 3. The first-order chi connectivity index (χ1) is 9.74. The van der Waals surface area contributed by atoms with E-state index in [0.29, 0.717) is 5.75 Å². The quantitative estimate of drug-likeness (QED) is 0.841. The van der Waals surface area contributed by atoms with Gasteiger partial charge in [-0.15, -0.1) is 0 Å². The van der Waals surface area contributed by atoms with Crippen LogP contribution in [0.4, 0.5) is 0 Å². The molecule has 2 aromatic rings. The molecule has 0 radical (unpaired) electrons. The number of carbonyl (C=O) groups is 1. The molecular weight excluding hydrogens is 254 g/mol. The first-order valence-electron chi connectivity index (χ1n) is 6.56. The van der Waals surface area contributed by atoms with Crippen molar-refractivity contribution in [1.29, 1.82) is 0 Å². The van der Waals surface area contributed by atoms with E-state index in [-0.39, 0.29) is 6.61 Å². The maximum atomic E-state index is 10.5. The minimum absolute atomic E-state index is 0.306. The molecule has 0 atom stereocenters. The Labute approximate surface area is 118 Å². The van der Waals surface area contributed by atoms with Crippen molar-refractivity contribution in [3.8, 4) is 5.75 Å². The highest BCUT2D eigenvalue weighted by Gasteiger charge is 2.01. The lowest BCUT2D eigenvalue weighted by molar-refractivity contribution is -0.139. The number of rotatable bonds is 7. The summed E-state index contributed by atoms with van der Waals surface area (Å²) in [4.78, 5) is 14.5. The normalized spacial score (nSPS) is 10.2. The van der Waals surface area contributed by atoms with Gasteiger partial charge in [-0.2, -0.15) is 0 Å². The third-order valence-electron chi connectivity index (χ3n) is 2.91. The van der Waals surface area contributed by atoms with E-state index in [4.69, 9.17) is 9.84 Å². The van der Waals surface area contributed by atoms with Gasteiger partial charge >= 0.3 is 5.97 Å². The van der Waals surface area contributed by atoms with Crippen molar-refractivity contribution < 1.29 is 14.6 Å². The van der Waals surface area contributed by atoms with Gasteiger partial charge in [0.2, 0.25) is 0 Å². The van der Waals surface area contributed by atoms with Crippen molar-refractivity contribution in [3.63, 3.8) is 0 Å². The van der Waals surface area contributed by atoms with E-state index in [1.807, 2.05) is 30.5 Å². The van der Waals surface area contributed by atoms with Crippen LogP contribution in [0.15, 0.2) is 48.8 Å². The van der Waals surface area contributed by atoms with Crippen LogP contribution in [0.25, 0.3) is 0 Å². The summed E-state index contributed by atoms with van der Waals surface area (Å²) >= 11 is 0. The van der Waals surface area contributed by atoms with Crippen LogP contribution >= 0.6 is 0 Å². The fourth-order valence-corrected chi connectivity index (χ4v) is 1.98. The van der Waals surface area contributed by atoms with Crippen molar-refractivity contribution in [1.82, 2.24) is 4.98 Å². The van der Waals surface area contributed by atoms with E-state index >= 15 is 0 Å². The van der Waals surface area contributed by atoms with Crippen LogP contribution in [0.5, 0.6) is 5.75 Å². The molecule has 2 rings (SSSR count). The van der Waals surface area contributed by atoms with Crippen LogP contribution in [-0.4, -0.2) is 22.7 Å². The van der Waals surface area contributed by atoms with Crippen LogP contribution in [-0.2, 0) is 17.6 Å². The fraction of sp³-hybridized carbons (Fsp3) is 0.250. The summed E-state index contributed by atoms with van der Waals surface area (Å²) in [6, 6.07) is 11.6. The fourth-order valence-electron chi connectivity index (χ4n) is 1.98. The Morgan fingerprint density at radius 3 is 2.70 bits per heavy atom. The highest BCUT2D eigenvalue weighted by atomic mass is 16.5. The Morgan fingerprint density at radius 2 is 1.95 bits per heavy atom. The number of aryl methyl sites for hydroxylation is 2. The van der Waals surface area contributed by atoms with Gasteiger partial charge in [-0.3, -0.25) is 4.98 Å². The lowest BCUT2D eigenvalue weighted by Crippen LogP contribution is -2.09. The molecule has 0 saturated carbocycles. The molecule has 0 bridgehead atoms. The SMILES string of the molecule is O=C(O)COc1cccc(CCCc2cccnc2)c1. The van der Waals surface area contributed by atoms with Gasteiger partial charge in [0.25, 0.3) is 0 Å². The monoisotopic (exact) mass is 271 g/mol. The summed E-state index contributed by atoms with van der Waals surface area (Å²) < 4.78 is 5.16. The van der Waals surface area contributed by atoms with Gasteiger partial charge in [0.05, 0.1) is 0 Å². The number of aliphatic carboxylic acids is 1. The highest BCUT2D eigenvalue weighted by molar-refractivity contribution is 5.68. The summed E-state index contributed by atoms with van der Waals surface area (Å²) in [5.41, 5.74) is 2.38. The molecule has 0 unspecified atom stereocenters. The van der Waals surface area contributed by atoms with Gasteiger partial charge in [0.1, 0.15) is 5.75 Å². The van der Waals surface area contributed by atoms with E-state index in [2.05, 4.69) is 11.1 Å². The van der Waals surface area contributed by atoms with E-state index in [0.717, 1.165) is 24.8 Å². The highest BCUT2D eigenvalue weighted by Crippen LogP contribution is 2.15. The first kappa shape index (κ1) is 14.1. The number of hydrogen-bond donors (Lipinski definition) is 1. The Kier molecular flexibility index (Phi) is 5.12. The number of carboxylic acid groups (broad SMARTS) is 1. The minimum atomic E-state index is -0.966. The topological polar surface area (TPSA) is 59.4 Å². The number of carboxylic acids is 1. The van der Waals surface area contributed by atoms with Crippen LogP contribution in [0.1, 0.15) is 17.5 Å². The summed E-state index contributed by atoms with van der Waals surface area (Å²) in [6.45, 7) is -0.306. The third-order valence-corrected chi connectivity index (χ3v) is 2.91. The largest absolute Gasteiger partial charge is 0.482 e. The molecule has 0 aliphatic carbocycles. The van der Waals surface area contributed by atoms with Gasteiger partial charge in [0, 0.05) is 12.4 Å². The second-order valence-corrected chi connectivity index (χ2v) is 4.54. The van der Waals surface area contributed by atoms with E-state index < -0.39 is 5.97 Å². The molecule has 4 heteroatoms. The minimum Gasteiger partial charge on any atom is -0.482 e. The van der Waals surface area contributed by atoms with Crippen molar-refractivity contribution in [2.24, 2.45) is 0 Å². The lowest BCUT2D eigenvalue weighted by Gasteiger charge is -2.06. The Balaban J connectivity index is 1.83. The molecule has 1 N–H and O–H groups in total. The Hall–Kier alpha value is -2.36. The molecular formula is C16H17NO3.